The van der Waals surface area contributed by atoms with Gasteiger partial charge >= 0.3 is 0 Å². The lowest BCUT2D eigenvalue weighted by molar-refractivity contribution is -0.311. The molecular formula is C13H12NO3S3-. The molecule has 20 heavy (non-hydrogen) atoms. The molecule has 1 amide bonds. The third-order valence-corrected chi connectivity index (χ3v) is 4.94. The van der Waals surface area contributed by atoms with Crippen molar-refractivity contribution in [3.05, 3.63) is 27.3 Å². The summed E-state index contributed by atoms with van der Waals surface area (Å²) in [6.07, 6.45) is 1.73. The van der Waals surface area contributed by atoms with Crippen molar-refractivity contribution in [3.63, 3.8) is 0 Å². The van der Waals surface area contributed by atoms with Crippen LogP contribution in [0.25, 0.3) is 6.08 Å². The number of carbonyl (C=O) groups excluding carboxylic acids is 2. The Kier molecular flexibility index (Phi) is 4.62. The van der Waals surface area contributed by atoms with Crippen molar-refractivity contribution in [1.82, 2.24) is 4.90 Å². The van der Waals surface area contributed by atoms with Gasteiger partial charge in [-0.1, -0.05) is 43.9 Å². The molecular weight excluding hydrogens is 314 g/mol. The average molecular weight is 326 g/mol. The second-order valence-corrected chi connectivity index (χ2v) is 7.23. The Balaban J connectivity index is 2.31. The summed E-state index contributed by atoms with van der Waals surface area (Å²) < 4.78 is 0.265. The lowest BCUT2D eigenvalue weighted by Crippen LogP contribution is -2.52. The molecule has 1 aliphatic rings. The number of nitrogens with zero attached hydrogens (tertiary/aromatic N) is 1. The maximum Gasteiger partial charge on any atom is 0.266 e. The highest BCUT2D eigenvalue weighted by molar-refractivity contribution is 8.26. The summed E-state index contributed by atoms with van der Waals surface area (Å²) in [4.78, 5) is 26.1. The van der Waals surface area contributed by atoms with Crippen molar-refractivity contribution >= 4 is 57.6 Å². The van der Waals surface area contributed by atoms with E-state index in [4.69, 9.17) is 12.2 Å². The minimum atomic E-state index is -1.28. The standard InChI is InChI=1S/C13H13NO3S3/c1-7(2)10(12(16)17)14-11(15)9(20-13(14)18)6-8-4-3-5-19-8/h3-7,10H,1-2H3,(H,16,17)/p-1/b9-6+/t10-/m1/s1. The van der Waals surface area contributed by atoms with Crippen LogP contribution < -0.4 is 5.11 Å². The van der Waals surface area contributed by atoms with Gasteiger partial charge in [0.05, 0.1) is 16.9 Å². The highest BCUT2D eigenvalue weighted by Crippen LogP contribution is 2.35. The van der Waals surface area contributed by atoms with Crippen LogP contribution in [-0.2, 0) is 9.59 Å². The maximum atomic E-state index is 12.4. The Morgan fingerprint density at radius 1 is 1.50 bits per heavy atom. The van der Waals surface area contributed by atoms with E-state index >= 15 is 0 Å². The normalized spacial score (nSPS) is 19.1. The Morgan fingerprint density at radius 2 is 2.20 bits per heavy atom. The second kappa shape index (κ2) is 6.07. The highest BCUT2D eigenvalue weighted by Gasteiger charge is 2.39. The minimum Gasteiger partial charge on any atom is -0.548 e. The fourth-order valence-electron chi connectivity index (χ4n) is 1.90. The van der Waals surface area contributed by atoms with Crippen molar-refractivity contribution in [3.8, 4) is 0 Å². The summed E-state index contributed by atoms with van der Waals surface area (Å²) >= 11 is 7.78. The highest BCUT2D eigenvalue weighted by atomic mass is 32.2. The van der Waals surface area contributed by atoms with Crippen LogP contribution in [0.3, 0.4) is 0 Å². The van der Waals surface area contributed by atoms with E-state index in [9.17, 15) is 14.7 Å². The molecule has 0 unspecified atom stereocenters. The zero-order valence-electron chi connectivity index (χ0n) is 10.9. The Bertz CT molecular complexity index is 578. The molecule has 0 aliphatic carbocycles. The summed E-state index contributed by atoms with van der Waals surface area (Å²) in [6, 6.07) is 2.74. The third-order valence-electron chi connectivity index (χ3n) is 2.79. The van der Waals surface area contributed by atoms with Crippen LogP contribution in [0.2, 0.25) is 0 Å². The average Bonchev–Trinajstić information content (AvgIpc) is 2.93. The summed E-state index contributed by atoms with van der Waals surface area (Å²) in [6.45, 7) is 3.45. The molecule has 0 bridgehead atoms. The summed E-state index contributed by atoms with van der Waals surface area (Å²) in [5.74, 6) is -1.92. The van der Waals surface area contributed by atoms with Crippen molar-refractivity contribution < 1.29 is 14.7 Å². The minimum absolute atomic E-state index is 0.265. The van der Waals surface area contributed by atoms with E-state index in [1.807, 2.05) is 17.5 Å². The fourth-order valence-corrected chi connectivity index (χ4v) is 3.95. The van der Waals surface area contributed by atoms with E-state index in [0.717, 1.165) is 21.5 Å². The quantitative estimate of drug-likeness (QED) is 0.623. The van der Waals surface area contributed by atoms with E-state index in [0.29, 0.717) is 4.91 Å². The summed E-state index contributed by atoms with van der Waals surface area (Å²) in [7, 11) is 0. The number of rotatable bonds is 4. The van der Waals surface area contributed by atoms with Gasteiger partial charge in [-0.05, 0) is 23.4 Å². The molecule has 0 aromatic carbocycles. The van der Waals surface area contributed by atoms with Gasteiger partial charge in [0, 0.05) is 4.88 Å². The van der Waals surface area contributed by atoms with Crippen molar-refractivity contribution in [2.24, 2.45) is 5.92 Å². The number of thiocarbonyl (C=S) groups is 1. The van der Waals surface area contributed by atoms with Crippen molar-refractivity contribution in [2.45, 2.75) is 19.9 Å². The van der Waals surface area contributed by atoms with Crippen molar-refractivity contribution in [2.75, 3.05) is 0 Å². The first kappa shape index (κ1) is 15.2. The van der Waals surface area contributed by atoms with Gasteiger partial charge in [-0.2, -0.15) is 0 Å². The van der Waals surface area contributed by atoms with Crippen LogP contribution in [0.5, 0.6) is 0 Å². The molecule has 4 nitrogen and oxygen atoms in total. The van der Waals surface area contributed by atoms with Crippen LogP contribution in [0.4, 0.5) is 0 Å². The molecule has 1 aliphatic heterocycles. The van der Waals surface area contributed by atoms with Gasteiger partial charge in [0.25, 0.3) is 5.91 Å². The zero-order valence-corrected chi connectivity index (χ0v) is 13.3. The molecule has 1 aromatic heterocycles. The molecule has 0 spiro atoms. The summed E-state index contributed by atoms with van der Waals surface area (Å²) in [5.41, 5.74) is 0. The van der Waals surface area contributed by atoms with Crippen LogP contribution in [0, 0.1) is 5.92 Å². The molecule has 106 valence electrons. The Hall–Kier alpha value is -1.18. The number of carboxylic acids is 1. The molecule has 0 saturated carbocycles. The van der Waals surface area contributed by atoms with Gasteiger partial charge in [0.2, 0.25) is 0 Å². The number of hydrogen-bond acceptors (Lipinski definition) is 6. The number of carbonyl (C=O) groups is 2. The molecule has 0 N–H and O–H groups in total. The first-order chi connectivity index (χ1) is 9.41. The van der Waals surface area contributed by atoms with Crippen LogP contribution in [0.1, 0.15) is 18.7 Å². The number of aliphatic carboxylic acids is 1. The van der Waals surface area contributed by atoms with E-state index in [-0.39, 0.29) is 16.1 Å². The van der Waals surface area contributed by atoms with E-state index < -0.39 is 12.0 Å². The van der Waals surface area contributed by atoms with E-state index in [2.05, 4.69) is 0 Å². The van der Waals surface area contributed by atoms with Crippen LogP contribution in [-0.4, -0.2) is 27.1 Å². The van der Waals surface area contributed by atoms with Crippen LogP contribution >= 0.6 is 35.3 Å². The zero-order chi connectivity index (χ0) is 14.9. The monoisotopic (exact) mass is 326 g/mol. The van der Waals surface area contributed by atoms with Gasteiger partial charge < -0.3 is 9.90 Å². The second-order valence-electron chi connectivity index (χ2n) is 4.58. The molecule has 7 heteroatoms. The number of hydrogen-bond donors (Lipinski definition) is 0. The number of amides is 1. The van der Waals surface area contributed by atoms with Gasteiger partial charge in [0.15, 0.2) is 0 Å². The molecule has 1 fully saturated rings. The molecule has 1 atom stereocenters. The Morgan fingerprint density at radius 3 is 2.70 bits per heavy atom. The number of thioether (sulfide) groups is 1. The lowest BCUT2D eigenvalue weighted by atomic mass is 10.0. The molecule has 1 saturated heterocycles. The SMILES string of the molecule is CC(C)[C@H](C(=O)[O-])N1C(=O)/C(=C\c2cccs2)SC1=S. The maximum absolute atomic E-state index is 12.4. The van der Waals surface area contributed by atoms with Gasteiger partial charge in [-0.15, -0.1) is 11.3 Å². The number of thiophene rings is 1. The first-order valence-electron chi connectivity index (χ1n) is 5.93. The molecule has 0 radical (unpaired) electrons. The van der Waals surface area contributed by atoms with Gasteiger partial charge in [-0.3, -0.25) is 9.69 Å². The first-order valence-corrected chi connectivity index (χ1v) is 8.03. The lowest BCUT2D eigenvalue weighted by Gasteiger charge is -2.30. The summed E-state index contributed by atoms with van der Waals surface area (Å²) in [5, 5.41) is 13.2. The third kappa shape index (κ3) is 2.94. The topological polar surface area (TPSA) is 60.4 Å². The molecule has 2 heterocycles. The van der Waals surface area contributed by atoms with Gasteiger partial charge in [0.1, 0.15) is 4.32 Å². The fraction of sp³-hybridized carbons (Fsp3) is 0.308. The van der Waals surface area contributed by atoms with Crippen LogP contribution in [0.15, 0.2) is 22.4 Å². The smallest absolute Gasteiger partial charge is 0.266 e. The predicted octanol–water partition coefficient (Wildman–Crippen LogP) is 1.72. The molecule has 2 rings (SSSR count). The van der Waals surface area contributed by atoms with E-state index in [1.165, 1.54) is 11.3 Å². The van der Waals surface area contributed by atoms with E-state index in [1.54, 1.807) is 19.9 Å². The predicted molar refractivity (Wildman–Crippen MR) is 83.0 cm³/mol. The Labute approximate surface area is 130 Å². The number of carboxylic acid groups (broad SMARTS) is 1. The van der Waals surface area contributed by atoms with Crippen molar-refractivity contribution in [1.29, 1.82) is 0 Å². The van der Waals surface area contributed by atoms with Gasteiger partial charge in [-0.25, -0.2) is 0 Å². The molecule has 1 aromatic rings. The largest absolute Gasteiger partial charge is 0.548 e.